The van der Waals surface area contributed by atoms with Crippen molar-refractivity contribution in [3.8, 4) is 0 Å². The lowest BCUT2D eigenvalue weighted by molar-refractivity contribution is -0.136. The predicted molar refractivity (Wildman–Crippen MR) is 107 cm³/mol. The van der Waals surface area contributed by atoms with Crippen molar-refractivity contribution in [2.45, 2.75) is 43.4 Å². The molecule has 4 N–H and O–H groups in total. The number of carbonyl (C=O) groups is 1. The van der Waals surface area contributed by atoms with E-state index >= 15 is 0 Å². The Morgan fingerprint density at radius 3 is 2.72 bits per heavy atom. The van der Waals surface area contributed by atoms with Gasteiger partial charge in [0, 0.05) is 18.7 Å². The molecular formula is C20H19F5N6O. The third-order valence-electron chi connectivity index (χ3n) is 5.37. The number of nitrogens with one attached hydrogen (secondary N) is 2. The second-order valence-electron chi connectivity index (χ2n) is 7.57. The maximum absolute atomic E-state index is 13.9. The summed E-state index contributed by atoms with van der Waals surface area (Å²) in [5, 5.41) is 9.09. The number of hydrogen-bond acceptors (Lipinski definition) is 5. The predicted octanol–water partition coefficient (Wildman–Crippen LogP) is 3.93. The fourth-order valence-electron chi connectivity index (χ4n) is 3.69. The third-order valence-corrected chi connectivity index (χ3v) is 5.37. The maximum Gasteiger partial charge on any atom is 0.418 e. The lowest BCUT2D eigenvalue weighted by Crippen LogP contribution is -2.55. The molecule has 1 aromatic carbocycles. The Hall–Kier alpha value is -3.28. The first-order valence-corrected chi connectivity index (χ1v) is 9.78. The van der Waals surface area contributed by atoms with E-state index in [1.165, 1.54) is 28.9 Å². The Kier molecular flexibility index (Phi) is 5.49. The van der Waals surface area contributed by atoms with Gasteiger partial charge in [0.2, 0.25) is 0 Å². The second-order valence-corrected chi connectivity index (χ2v) is 7.57. The smallest absolute Gasteiger partial charge is 0.365 e. The van der Waals surface area contributed by atoms with E-state index in [0.29, 0.717) is 12.8 Å². The van der Waals surface area contributed by atoms with E-state index in [-0.39, 0.29) is 23.4 Å². The van der Waals surface area contributed by atoms with Crippen LogP contribution >= 0.6 is 0 Å². The maximum atomic E-state index is 13.9. The minimum Gasteiger partial charge on any atom is -0.365 e. The van der Waals surface area contributed by atoms with Crippen LogP contribution in [0.15, 0.2) is 42.7 Å². The molecule has 0 bridgehead atoms. The summed E-state index contributed by atoms with van der Waals surface area (Å²) in [6, 6.07) is 3.93. The average molecular weight is 454 g/mol. The highest BCUT2D eigenvalue weighted by Gasteiger charge is 2.44. The van der Waals surface area contributed by atoms with Gasteiger partial charge in [-0.05, 0) is 31.0 Å². The fraction of sp³-hybridized carbons (Fsp3) is 0.350. The third kappa shape index (κ3) is 4.22. The van der Waals surface area contributed by atoms with E-state index in [1.54, 1.807) is 0 Å². The van der Waals surface area contributed by atoms with E-state index < -0.39 is 41.3 Å². The molecule has 2 heterocycles. The normalized spacial score (nSPS) is 20.8. The van der Waals surface area contributed by atoms with Gasteiger partial charge in [0.15, 0.2) is 5.65 Å². The van der Waals surface area contributed by atoms with E-state index in [4.69, 9.17) is 5.73 Å². The van der Waals surface area contributed by atoms with Crippen LogP contribution in [0.2, 0.25) is 0 Å². The summed E-state index contributed by atoms with van der Waals surface area (Å²) in [7, 11) is 0. The molecular weight excluding hydrogens is 435 g/mol. The average Bonchev–Trinajstić information content (AvgIpc) is 3.14. The summed E-state index contributed by atoms with van der Waals surface area (Å²) in [5.74, 6) is -3.66. The lowest BCUT2D eigenvalue weighted by atomic mass is 9.87. The van der Waals surface area contributed by atoms with E-state index in [0.717, 1.165) is 18.3 Å². The molecule has 170 valence electrons. The summed E-state index contributed by atoms with van der Waals surface area (Å²) >= 11 is 0. The molecule has 1 fully saturated rings. The lowest BCUT2D eigenvalue weighted by Gasteiger charge is -2.36. The Labute approximate surface area is 178 Å². The van der Waals surface area contributed by atoms with Crippen LogP contribution in [0.25, 0.3) is 5.65 Å². The largest absolute Gasteiger partial charge is 0.418 e. The summed E-state index contributed by atoms with van der Waals surface area (Å²) in [4.78, 5) is 16.9. The number of fused-ring (bicyclic) bond motifs is 1. The Balaban J connectivity index is 1.59. The molecule has 3 aromatic rings. The fourth-order valence-corrected chi connectivity index (χ4v) is 3.69. The van der Waals surface area contributed by atoms with Crippen LogP contribution in [-0.4, -0.2) is 38.5 Å². The van der Waals surface area contributed by atoms with Crippen molar-refractivity contribution < 1.29 is 26.7 Å². The number of hydrogen-bond donors (Lipinski definition) is 3. The Morgan fingerprint density at radius 2 is 1.97 bits per heavy atom. The van der Waals surface area contributed by atoms with Crippen LogP contribution in [0.3, 0.4) is 0 Å². The molecule has 0 saturated heterocycles. The molecule has 2 atom stereocenters. The van der Waals surface area contributed by atoms with Crippen LogP contribution in [0, 0.1) is 0 Å². The van der Waals surface area contributed by atoms with Gasteiger partial charge < -0.3 is 16.4 Å². The number of anilines is 2. The van der Waals surface area contributed by atoms with Crippen molar-refractivity contribution in [2.75, 3.05) is 10.6 Å². The molecule has 0 aliphatic heterocycles. The van der Waals surface area contributed by atoms with Gasteiger partial charge in [-0.25, -0.2) is 18.3 Å². The molecule has 0 unspecified atom stereocenters. The van der Waals surface area contributed by atoms with Gasteiger partial charge in [0.05, 0.1) is 23.5 Å². The first kappa shape index (κ1) is 21.9. The van der Waals surface area contributed by atoms with Crippen molar-refractivity contribution >= 4 is 23.1 Å². The molecule has 2 aromatic heterocycles. The van der Waals surface area contributed by atoms with Crippen LogP contribution in [0.5, 0.6) is 0 Å². The van der Waals surface area contributed by atoms with Gasteiger partial charge in [-0.15, -0.1) is 0 Å². The number of alkyl halides is 5. The SMILES string of the molecule is N[C@@H]1[C@H](Nc2ccn3ncc(C(=O)Nc4ccccc4C(F)(F)F)c3n2)CCCC1(F)F. The van der Waals surface area contributed by atoms with Crippen LogP contribution in [0.4, 0.5) is 33.5 Å². The van der Waals surface area contributed by atoms with Gasteiger partial charge in [-0.3, -0.25) is 4.79 Å². The topological polar surface area (TPSA) is 97.3 Å². The second kappa shape index (κ2) is 8.01. The van der Waals surface area contributed by atoms with E-state index in [2.05, 4.69) is 20.7 Å². The van der Waals surface area contributed by atoms with Gasteiger partial charge >= 0.3 is 6.18 Å². The standard InChI is InChI=1S/C20H19F5N6O/c21-19(22)8-3-6-14(16(19)26)28-15-7-9-31-17(30-15)11(10-27-31)18(32)29-13-5-2-1-4-12(13)20(23,24)25/h1-2,4-5,7,9-10,14,16H,3,6,8,26H2,(H,28,30)(H,29,32)/t14-,16-/m1/s1. The number of halogens is 5. The van der Waals surface area contributed by atoms with Crippen molar-refractivity contribution in [1.29, 1.82) is 0 Å². The molecule has 1 amide bonds. The van der Waals surface area contributed by atoms with Crippen molar-refractivity contribution in [3.05, 3.63) is 53.9 Å². The van der Waals surface area contributed by atoms with Gasteiger partial charge in [0.1, 0.15) is 11.4 Å². The minimum atomic E-state index is -4.65. The van der Waals surface area contributed by atoms with Gasteiger partial charge in [-0.1, -0.05) is 12.1 Å². The number of rotatable bonds is 4. The Morgan fingerprint density at radius 1 is 1.22 bits per heavy atom. The highest BCUT2D eigenvalue weighted by molar-refractivity contribution is 6.08. The zero-order chi connectivity index (χ0) is 23.1. The number of amides is 1. The van der Waals surface area contributed by atoms with Crippen molar-refractivity contribution in [1.82, 2.24) is 14.6 Å². The molecule has 1 saturated carbocycles. The quantitative estimate of drug-likeness (QED) is 0.519. The number of nitrogens with zero attached hydrogens (tertiary/aromatic N) is 3. The highest BCUT2D eigenvalue weighted by atomic mass is 19.4. The number of benzene rings is 1. The molecule has 0 radical (unpaired) electrons. The molecule has 12 heteroatoms. The van der Waals surface area contributed by atoms with Gasteiger partial charge in [0.25, 0.3) is 11.8 Å². The minimum absolute atomic E-state index is 0.0492. The molecule has 7 nitrogen and oxygen atoms in total. The summed E-state index contributed by atoms with van der Waals surface area (Å²) in [6.07, 6.45) is -1.61. The summed E-state index contributed by atoms with van der Waals surface area (Å²) < 4.78 is 68.7. The van der Waals surface area contributed by atoms with Crippen LogP contribution in [-0.2, 0) is 6.18 Å². The van der Waals surface area contributed by atoms with Crippen LogP contribution in [0.1, 0.15) is 35.2 Å². The number of carbonyl (C=O) groups excluding carboxylic acids is 1. The molecule has 1 aliphatic carbocycles. The van der Waals surface area contributed by atoms with Crippen LogP contribution < -0.4 is 16.4 Å². The molecule has 1 aliphatic rings. The van der Waals surface area contributed by atoms with E-state index in [9.17, 15) is 26.7 Å². The molecule has 32 heavy (non-hydrogen) atoms. The highest BCUT2D eigenvalue weighted by Crippen LogP contribution is 2.35. The number of aromatic nitrogens is 3. The number of nitrogens with two attached hydrogens (primary N) is 1. The first-order valence-electron chi connectivity index (χ1n) is 9.78. The van der Waals surface area contributed by atoms with Crippen molar-refractivity contribution in [2.24, 2.45) is 5.73 Å². The molecule has 4 rings (SSSR count). The summed E-state index contributed by atoms with van der Waals surface area (Å²) in [6.45, 7) is 0. The zero-order valence-corrected chi connectivity index (χ0v) is 16.5. The molecule has 0 spiro atoms. The number of para-hydroxylation sites is 1. The van der Waals surface area contributed by atoms with Gasteiger partial charge in [-0.2, -0.15) is 18.3 Å². The van der Waals surface area contributed by atoms with Crippen molar-refractivity contribution in [3.63, 3.8) is 0 Å². The summed E-state index contributed by atoms with van der Waals surface area (Å²) in [5.41, 5.74) is 4.26. The first-order chi connectivity index (χ1) is 15.1. The Bertz CT molecular complexity index is 1140. The monoisotopic (exact) mass is 454 g/mol. The van der Waals surface area contributed by atoms with E-state index in [1.807, 2.05) is 0 Å². The zero-order valence-electron chi connectivity index (χ0n) is 16.5.